The molecule has 5 heteroatoms. The highest BCUT2D eigenvalue weighted by Crippen LogP contribution is 2.32. The zero-order valence-corrected chi connectivity index (χ0v) is 14.9. The van der Waals surface area contributed by atoms with Gasteiger partial charge in [0.05, 0.1) is 5.56 Å². The molecule has 0 saturated heterocycles. The van der Waals surface area contributed by atoms with Gasteiger partial charge in [0, 0.05) is 17.4 Å². The van der Waals surface area contributed by atoms with Gasteiger partial charge >= 0.3 is 5.97 Å². The summed E-state index contributed by atoms with van der Waals surface area (Å²) in [5.74, 6) is -0.689. The number of carboxylic acid groups (broad SMARTS) is 1. The minimum absolute atomic E-state index is 0.148. The second kappa shape index (κ2) is 7.74. The van der Waals surface area contributed by atoms with Crippen molar-refractivity contribution >= 4 is 23.6 Å². The van der Waals surface area contributed by atoms with Crippen LogP contribution in [0.3, 0.4) is 0 Å². The van der Waals surface area contributed by atoms with Crippen molar-refractivity contribution in [2.24, 2.45) is 0 Å². The number of carbonyl (C=O) groups excluding carboxylic acids is 1. The van der Waals surface area contributed by atoms with Crippen LogP contribution in [0.2, 0.25) is 0 Å². The molecule has 0 heterocycles. The molecule has 4 nitrogen and oxygen atoms in total. The van der Waals surface area contributed by atoms with Crippen molar-refractivity contribution in [2.75, 3.05) is 6.54 Å². The van der Waals surface area contributed by atoms with Crippen LogP contribution in [0.1, 0.15) is 40.7 Å². The Labute approximate surface area is 151 Å². The number of carbonyl (C=O) groups is 2. The Morgan fingerprint density at radius 1 is 1.20 bits per heavy atom. The second-order valence-corrected chi connectivity index (χ2v) is 7.62. The molecule has 0 aromatic heterocycles. The maximum atomic E-state index is 12.6. The smallest absolute Gasteiger partial charge is 0.316 e. The van der Waals surface area contributed by atoms with Gasteiger partial charge in [-0.15, -0.1) is 11.8 Å². The van der Waals surface area contributed by atoms with Gasteiger partial charge in [-0.05, 0) is 43.0 Å². The summed E-state index contributed by atoms with van der Waals surface area (Å²) >= 11 is 1.19. The topological polar surface area (TPSA) is 66.4 Å². The molecular weight excluding hydrogens is 334 g/mol. The molecular formula is C20H21NO3S. The van der Waals surface area contributed by atoms with E-state index in [2.05, 4.69) is 23.5 Å². The Hall–Kier alpha value is -2.27. The Balaban J connectivity index is 1.67. The Morgan fingerprint density at radius 3 is 2.72 bits per heavy atom. The Bertz CT molecular complexity index is 790. The average Bonchev–Trinajstić information content (AvgIpc) is 3.03. The van der Waals surface area contributed by atoms with Crippen LogP contribution in [0.25, 0.3) is 0 Å². The summed E-state index contributed by atoms with van der Waals surface area (Å²) in [6, 6.07) is 15.5. The predicted octanol–water partition coefficient (Wildman–Crippen LogP) is 3.71. The van der Waals surface area contributed by atoms with Crippen molar-refractivity contribution in [1.82, 2.24) is 5.32 Å². The summed E-state index contributed by atoms with van der Waals surface area (Å²) in [5.41, 5.74) is 3.23. The molecule has 0 aliphatic heterocycles. The van der Waals surface area contributed by atoms with E-state index < -0.39 is 11.2 Å². The molecule has 2 aromatic carbocycles. The lowest BCUT2D eigenvalue weighted by Gasteiger charge is -2.15. The largest absolute Gasteiger partial charge is 0.480 e. The molecule has 2 atom stereocenters. The molecule has 3 rings (SSSR count). The van der Waals surface area contributed by atoms with Gasteiger partial charge in [0.2, 0.25) is 0 Å². The molecule has 2 N–H and O–H groups in total. The van der Waals surface area contributed by atoms with Gasteiger partial charge in [0.25, 0.3) is 5.91 Å². The van der Waals surface area contributed by atoms with Gasteiger partial charge in [-0.25, -0.2) is 0 Å². The molecule has 25 heavy (non-hydrogen) atoms. The van der Waals surface area contributed by atoms with Gasteiger partial charge in [-0.2, -0.15) is 0 Å². The van der Waals surface area contributed by atoms with E-state index in [1.807, 2.05) is 12.1 Å². The van der Waals surface area contributed by atoms with E-state index in [1.165, 1.54) is 22.9 Å². The van der Waals surface area contributed by atoms with Crippen molar-refractivity contribution in [3.63, 3.8) is 0 Å². The first-order chi connectivity index (χ1) is 12.1. The third-order valence-electron chi connectivity index (χ3n) is 4.55. The van der Waals surface area contributed by atoms with Gasteiger partial charge in [0.15, 0.2) is 0 Å². The highest BCUT2D eigenvalue weighted by molar-refractivity contribution is 8.00. The quantitative estimate of drug-likeness (QED) is 0.775. The lowest BCUT2D eigenvalue weighted by molar-refractivity contribution is -0.136. The van der Waals surface area contributed by atoms with Crippen LogP contribution < -0.4 is 5.32 Å². The summed E-state index contributed by atoms with van der Waals surface area (Å²) in [4.78, 5) is 24.4. The van der Waals surface area contributed by atoms with E-state index in [9.17, 15) is 9.59 Å². The first-order valence-electron chi connectivity index (χ1n) is 8.40. The predicted molar refractivity (Wildman–Crippen MR) is 99.2 cm³/mol. The number of aliphatic carboxylic acids is 1. The summed E-state index contributed by atoms with van der Waals surface area (Å²) in [6.45, 7) is 2.22. The molecule has 1 aliphatic rings. The number of carboxylic acids is 1. The van der Waals surface area contributed by atoms with Crippen LogP contribution in [-0.4, -0.2) is 28.8 Å². The number of nitrogens with one attached hydrogen (secondary N) is 1. The van der Waals surface area contributed by atoms with Crippen LogP contribution in [0.5, 0.6) is 0 Å². The third kappa shape index (κ3) is 4.04. The number of thioether (sulfide) groups is 1. The summed E-state index contributed by atoms with van der Waals surface area (Å²) < 4.78 is 0. The van der Waals surface area contributed by atoms with Gasteiger partial charge < -0.3 is 10.4 Å². The van der Waals surface area contributed by atoms with Crippen molar-refractivity contribution < 1.29 is 14.7 Å². The van der Waals surface area contributed by atoms with Crippen LogP contribution in [0.15, 0.2) is 53.4 Å². The van der Waals surface area contributed by atoms with E-state index in [0.29, 0.717) is 22.9 Å². The molecule has 0 bridgehead atoms. The van der Waals surface area contributed by atoms with Gasteiger partial charge in [-0.3, -0.25) is 9.59 Å². The number of benzene rings is 2. The molecule has 130 valence electrons. The number of hydrogen-bond donors (Lipinski definition) is 2. The summed E-state index contributed by atoms with van der Waals surface area (Å²) in [6.07, 6.45) is 2.10. The standard InChI is InChI=1S/C20H21NO3S/c1-13(20(23)24)25-18-9-5-4-8-17(18)19(22)21-12-15-11-10-14-6-2-3-7-16(14)15/h2-9,13,15H,10-12H2,1H3,(H,21,22)(H,23,24). The number of fused-ring (bicyclic) bond motifs is 1. The number of amides is 1. The minimum atomic E-state index is -0.886. The fraction of sp³-hybridized carbons (Fsp3) is 0.300. The Morgan fingerprint density at radius 2 is 1.92 bits per heavy atom. The number of hydrogen-bond acceptors (Lipinski definition) is 3. The van der Waals surface area contributed by atoms with Crippen LogP contribution in [0, 0.1) is 0 Å². The summed E-state index contributed by atoms with van der Waals surface area (Å²) in [7, 11) is 0. The SMILES string of the molecule is CC(Sc1ccccc1C(=O)NCC1CCc2ccccc21)C(=O)O. The molecule has 0 radical (unpaired) electrons. The van der Waals surface area contributed by atoms with Crippen molar-refractivity contribution in [1.29, 1.82) is 0 Å². The molecule has 0 fully saturated rings. The van der Waals surface area contributed by atoms with Gasteiger partial charge in [0.1, 0.15) is 5.25 Å². The molecule has 2 unspecified atom stereocenters. The zero-order valence-electron chi connectivity index (χ0n) is 14.1. The maximum absolute atomic E-state index is 12.6. The first kappa shape index (κ1) is 17.5. The zero-order chi connectivity index (χ0) is 17.8. The number of aryl methyl sites for hydroxylation is 1. The van der Waals surface area contributed by atoms with Gasteiger partial charge in [-0.1, -0.05) is 36.4 Å². The molecule has 0 saturated carbocycles. The highest BCUT2D eigenvalue weighted by Gasteiger charge is 2.23. The minimum Gasteiger partial charge on any atom is -0.480 e. The normalized spacial score (nSPS) is 16.9. The fourth-order valence-corrected chi connectivity index (χ4v) is 4.09. The van der Waals surface area contributed by atoms with Crippen molar-refractivity contribution in [3.05, 3.63) is 65.2 Å². The molecule has 2 aromatic rings. The van der Waals surface area contributed by atoms with E-state index >= 15 is 0 Å². The molecule has 0 spiro atoms. The molecule has 1 aliphatic carbocycles. The van der Waals surface area contributed by atoms with Crippen LogP contribution >= 0.6 is 11.8 Å². The van der Waals surface area contributed by atoms with Crippen molar-refractivity contribution in [3.8, 4) is 0 Å². The van der Waals surface area contributed by atoms with E-state index in [0.717, 1.165) is 12.8 Å². The highest BCUT2D eigenvalue weighted by atomic mass is 32.2. The first-order valence-corrected chi connectivity index (χ1v) is 9.28. The lowest BCUT2D eigenvalue weighted by atomic mass is 10.0. The third-order valence-corrected chi connectivity index (χ3v) is 5.71. The van der Waals surface area contributed by atoms with Crippen LogP contribution in [0.4, 0.5) is 0 Å². The monoisotopic (exact) mass is 355 g/mol. The van der Waals surface area contributed by atoms with Crippen molar-refractivity contribution in [2.45, 2.75) is 35.8 Å². The fourth-order valence-electron chi connectivity index (χ4n) is 3.17. The summed E-state index contributed by atoms with van der Waals surface area (Å²) in [5, 5.41) is 11.5. The number of rotatable bonds is 6. The Kier molecular flexibility index (Phi) is 5.43. The maximum Gasteiger partial charge on any atom is 0.316 e. The van der Waals surface area contributed by atoms with E-state index in [4.69, 9.17) is 5.11 Å². The van der Waals surface area contributed by atoms with Crippen LogP contribution in [-0.2, 0) is 11.2 Å². The van der Waals surface area contributed by atoms with E-state index in [-0.39, 0.29) is 5.91 Å². The molecule has 1 amide bonds. The second-order valence-electron chi connectivity index (χ2n) is 6.24. The average molecular weight is 355 g/mol. The lowest BCUT2D eigenvalue weighted by Crippen LogP contribution is -2.28. The van der Waals surface area contributed by atoms with E-state index in [1.54, 1.807) is 25.1 Å².